The van der Waals surface area contributed by atoms with Crippen LogP contribution in [0.5, 0.6) is 5.75 Å². The number of hydrogen-bond acceptors (Lipinski definition) is 4. The van der Waals surface area contributed by atoms with Crippen molar-refractivity contribution >= 4 is 29.3 Å². The minimum Gasteiger partial charge on any atom is -0.496 e. The van der Waals surface area contributed by atoms with Gasteiger partial charge in [0.1, 0.15) is 11.3 Å². The van der Waals surface area contributed by atoms with Crippen molar-refractivity contribution < 1.29 is 19.1 Å². The summed E-state index contributed by atoms with van der Waals surface area (Å²) < 4.78 is 9.86. The van der Waals surface area contributed by atoms with Gasteiger partial charge in [-0.1, -0.05) is 23.7 Å². The van der Waals surface area contributed by atoms with Gasteiger partial charge < -0.3 is 20.1 Å². The maximum Gasteiger partial charge on any atom is 0.341 e. The predicted octanol–water partition coefficient (Wildman–Crippen LogP) is 3.77. The molecule has 2 rings (SSSR count). The average molecular weight is 363 g/mol. The molecular formula is C18H19ClN2O4. The van der Waals surface area contributed by atoms with Gasteiger partial charge >= 0.3 is 12.0 Å². The molecule has 25 heavy (non-hydrogen) atoms. The summed E-state index contributed by atoms with van der Waals surface area (Å²) >= 11 is 6.03. The van der Waals surface area contributed by atoms with Crippen LogP contribution in [0.25, 0.3) is 0 Å². The quantitative estimate of drug-likeness (QED) is 0.794. The second-order valence-electron chi connectivity index (χ2n) is 5.30. The van der Waals surface area contributed by atoms with E-state index in [0.717, 1.165) is 11.1 Å². The topological polar surface area (TPSA) is 76.7 Å². The molecule has 0 spiro atoms. The molecule has 7 heteroatoms. The van der Waals surface area contributed by atoms with Crippen LogP contribution in [-0.4, -0.2) is 26.2 Å². The zero-order chi connectivity index (χ0) is 18.4. The first kappa shape index (κ1) is 18.6. The van der Waals surface area contributed by atoms with E-state index in [2.05, 4.69) is 10.6 Å². The van der Waals surface area contributed by atoms with E-state index in [0.29, 0.717) is 22.0 Å². The summed E-state index contributed by atoms with van der Waals surface area (Å²) in [4.78, 5) is 23.8. The van der Waals surface area contributed by atoms with Gasteiger partial charge in [-0.15, -0.1) is 0 Å². The monoisotopic (exact) mass is 362 g/mol. The molecule has 0 aliphatic rings. The molecule has 0 aromatic heterocycles. The van der Waals surface area contributed by atoms with Crippen molar-refractivity contribution in [2.24, 2.45) is 0 Å². The van der Waals surface area contributed by atoms with Crippen LogP contribution in [0.1, 0.15) is 21.5 Å². The highest BCUT2D eigenvalue weighted by molar-refractivity contribution is 6.31. The van der Waals surface area contributed by atoms with E-state index in [1.54, 1.807) is 30.3 Å². The molecule has 2 amide bonds. The van der Waals surface area contributed by atoms with Crippen molar-refractivity contribution in [1.82, 2.24) is 5.32 Å². The molecule has 0 atom stereocenters. The number of nitrogens with one attached hydrogen (secondary N) is 2. The molecule has 0 fully saturated rings. The van der Waals surface area contributed by atoms with Gasteiger partial charge in [0, 0.05) is 17.3 Å². The molecule has 0 radical (unpaired) electrons. The minimum absolute atomic E-state index is 0.236. The van der Waals surface area contributed by atoms with Crippen LogP contribution < -0.4 is 15.4 Å². The maximum absolute atomic E-state index is 12.0. The van der Waals surface area contributed by atoms with Crippen LogP contribution >= 0.6 is 11.6 Å². The summed E-state index contributed by atoms with van der Waals surface area (Å²) in [5.41, 5.74) is 2.56. The molecule has 132 valence electrons. The number of aryl methyl sites for hydroxylation is 1. The molecule has 2 aromatic carbocycles. The second-order valence-corrected chi connectivity index (χ2v) is 5.71. The fraction of sp³-hybridized carbons (Fsp3) is 0.222. The maximum atomic E-state index is 12.0. The molecule has 2 N–H and O–H groups in total. The lowest BCUT2D eigenvalue weighted by atomic mass is 10.1. The van der Waals surface area contributed by atoms with Crippen molar-refractivity contribution in [3.63, 3.8) is 0 Å². The summed E-state index contributed by atoms with van der Waals surface area (Å²) in [6.45, 7) is 2.12. The Morgan fingerprint density at radius 2 is 1.88 bits per heavy atom. The van der Waals surface area contributed by atoms with Crippen LogP contribution in [-0.2, 0) is 11.3 Å². The summed E-state index contributed by atoms with van der Waals surface area (Å²) in [5, 5.41) is 6.00. The number of anilines is 1. The van der Waals surface area contributed by atoms with Crippen molar-refractivity contribution in [1.29, 1.82) is 0 Å². The van der Waals surface area contributed by atoms with Gasteiger partial charge in [0.25, 0.3) is 0 Å². The van der Waals surface area contributed by atoms with Gasteiger partial charge in [-0.3, -0.25) is 0 Å². The number of carbonyl (C=O) groups is 2. The number of rotatable bonds is 5. The Hall–Kier alpha value is -2.73. The molecule has 0 saturated heterocycles. The van der Waals surface area contributed by atoms with E-state index in [9.17, 15) is 9.59 Å². The summed E-state index contributed by atoms with van der Waals surface area (Å²) in [6.07, 6.45) is 0. The number of urea groups is 1. The van der Waals surface area contributed by atoms with Crippen LogP contribution in [0, 0.1) is 6.92 Å². The molecule has 0 saturated carbocycles. The number of hydrogen-bond donors (Lipinski definition) is 2. The van der Waals surface area contributed by atoms with Crippen LogP contribution in [0.3, 0.4) is 0 Å². The largest absolute Gasteiger partial charge is 0.496 e. The highest BCUT2D eigenvalue weighted by Crippen LogP contribution is 2.21. The minimum atomic E-state index is -0.502. The standard InChI is InChI=1S/C18H19ClN2O4/c1-11-4-6-13(9-15(11)19)21-18(23)20-10-12-5-7-16(24-2)14(8-12)17(22)25-3/h4-9H,10H2,1-3H3,(H2,20,21,23). The van der Waals surface area contributed by atoms with E-state index in [1.165, 1.54) is 14.2 Å². The molecule has 0 bridgehead atoms. The predicted molar refractivity (Wildman–Crippen MR) is 96.4 cm³/mol. The van der Waals surface area contributed by atoms with Crippen molar-refractivity contribution in [2.75, 3.05) is 19.5 Å². The van der Waals surface area contributed by atoms with Crippen LogP contribution in [0.4, 0.5) is 10.5 Å². The second kappa shape index (κ2) is 8.39. The number of carbonyl (C=O) groups excluding carboxylic acids is 2. The van der Waals surface area contributed by atoms with Crippen LogP contribution in [0.15, 0.2) is 36.4 Å². The normalized spacial score (nSPS) is 10.1. The highest BCUT2D eigenvalue weighted by Gasteiger charge is 2.13. The number of ether oxygens (including phenoxy) is 2. The van der Waals surface area contributed by atoms with Crippen LogP contribution in [0.2, 0.25) is 5.02 Å². The molecular weight excluding hydrogens is 344 g/mol. The Morgan fingerprint density at radius 3 is 2.52 bits per heavy atom. The molecule has 0 aliphatic heterocycles. The fourth-order valence-corrected chi connectivity index (χ4v) is 2.34. The van der Waals surface area contributed by atoms with E-state index in [-0.39, 0.29) is 12.6 Å². The smallest absolute Gasteiger partial charge is 0.341 e. The average Bonchev–Trinajstić information content (AvgIpc) is 2.62. The SMILES string of the molecule is COC(=O)c1cc(CNC(=O)Nc2ccc(C)c(Cl)c2)ccc1OC. The highest BCUT2D eigenvalue weighted by atomic mass is 35.5. The van der Waals surface area contributed by atoms with E-state index in [1.807, 2.05) is 13.0 Å². The Labute approximate surface area is 151 Å². The molecule has 0 heterocycles. The summed E-state index contributed by atoms with van der Waals surface area (Å²) in [7, 11) is 2.77. The molecule has 2 aromatic rings. The van der Waals surface area contributed by atoms with Crippen molar-refractivity contribution in [2.45, 2.75) is 13.5 Å². The third kappa shape index (κ3) is 4.87. The number of esters is 1. The van der Waals surface area contributed by atoms with Gasteiger partial charge in [0.2, 0.25) is 0 Å². The first-order valence-corrected chi connectivity index (χ1v) is 7.88. The van der Waals surface area contributed by atoms with E-state index < -0.39 is 5.97 Å². The lowest BCUT2D eigenvalue weighted by Crippen LogP contribution is -2.28. The first-order valence-electron chi connectivity index (χ1n) is 7.51. The summed E-state index contributed by atoms with van der Waals surface area (Å²) in [6, 6.07) is 9.92. The zero-order valence-electron chi connectivity index (χ0n) is 14.2. The van der Waals surface area contributed by atoms with E-state index >= 15 is 0 Å². The zero-order valence-corrected chi connectivity index (χ0v) is 14.9. The molecule has 0 unspecified atom stereocenters. The number of amides is 2. The Kier molecular flexibility index (Phi) is 6.25. The van der Waals surface area contributed by atoms with Crippen molar-refractivity contribution in [3.05, 3.63) is 58.1 Å². The van der Waals surface area contributed by atoms with Gasteiger partial charge in [-0.2, -0.15) is 0 Å². The van der Waals surface area contributed by atoms with Crippen molar-refractivity contribution in [3.8, 4) is 5.75 Å². The number of methoxy groups -OCH3 is 2. The Bertz CT molecular complexity index is 793. The molecule has 6 nitrogen and oxygen atoms in total. The number of halogens is 1. The Morgan fingerprint density at radius 1 is 1.12 bits per heavy atom. The van der Waals surface area contributed by atoms with Gasteiger partial charge in [-0.05, 0) is 42.3 Å². The third-order valence-electron chi connectivity index (χ3n) is 3.55. The molecule has 0 aliphatic carbocycles. The third-order valence-corrected chi connectivity index (χ3v) is 3.96. The first-order chi connectivity index (χ1) is 11.9. The summed E-state index contributed by atoms with van der Waals surface area (Å²) in [5.74, 6) is -0.0909. The lowest BCUT2D eigenvalue weighted by molar-refractivity contribution is 0.0597. The van der Waals surface area contributed by atoms with Gasteiger partial charge in [-0.25, -0.2) is 9.59 Å². The number of benzene rings is 2. The van der Waals surface area contributed by atoms with E-state index in [4.69, 9.17) is 21.1 Å². The van der Waals surface area contributed by atoms with Gasteiger partial charge in [0.05, 0.1) is 14.2 Å². The van der Waals surface area contributed by atoms with Gasteiger partial charge in [0.15, 0.2) is 0 Å². The Balaban J connectivity index is 2.01. The fourth-order valence-electron chi connectivity index (χ4n) is 2.16. The lowest BCUT2D eigenvalue weighted by Gasteiger charge is -2.11.